The van der Waals surface area contributed by atoms with Crippen LogP contribution in [0.25, 0.3) is 5.52 Å². The molecule has 254 valence electrons. The van der Waals surface area contributed by atoms with E-state index in [1.807, 2.05) is 13.8 Å². The number of aliphatic hydroxyl groups is 1. The Morgan fingerprint density at radius 3 is 2.49 bits per heavy atom. The average molecular weight is 672 g/mol. The number of nitrogens with zero attached hydrogens (tertiary/aromatic N) is 3. The summed E-state index contributed by atoms with van der Waals surface area (Å²) in [5.41, 5.74) is 1.92. The minimum absolute atomic E-state index is 0.0977. The van der Waals surface area contributed by atoms with Crippen molar-refractivity contribution in [1.82, 2.24) is 14.3 Å². The number of benzene rings is 1. The molecule has 0 radical (unpaired) electrons. The molecule has 1 fully saturated rings. The standard InChI is InChI=1S/C23H22F3N5O3S.C10H16.C2H6/c1-22(33)12-30(13-22)20(32)14-5-6-16(18(11-14)34-2)28-7-3-4-15-10-17-19(27)29-8-9-31(17)21(15)35-23(24,25)26;1-2-10-8-6-4-3-5-7-9-10;1-2/h5-6,8-11,28,33H,7,12-13H2,1-2H3,(H2,27,29);6-10H,2-5H2,1H3;1-2H3/b;8-6-,9-7-;. The summed E-state index contributed by atoms with van der Waals surface area (Å²) in [6.07, 6.45) is 17.1. The molecule has 12 heteroatoms. The SMILES string of the molecule is CC.CCC1/C=C\CCC/C=C\1.COc1cc(C(=O)N2CC(C)(O)C2)ccc1NCC#Cc1cc2c(N)nccn2c1SC(F)(F)F. The van der Waals surface area contributed by atoms with Crippen molar-refractivity contribution < 1.29 is 27.8 Å². The lowest BCUT2D eigenvalue weighted by Crippen LogP contribution is -2.61. The van der Waals surface area contributed by atoms with E-state index in [1.54, 1.807) is 25.1 Å². The van der Waals surface area contributed by atoms with Gasteiger partial charge in [-0.15, -0.1) is 0 Å². The number of carbonyl (C=O) groups excluding carboxylic acids is 1. The lowest BCUT2D eigenvalue weighted by Gasteiger charge is -2.44. The van der Waals surface area contributed by atoms with E-state index in [0.29, 0.717) is 28.4 Å². The number of halogens is 3. The fourth-order valence-corrected chi connectivity index (χ4v) is 5.68. The smallest absolute Gasteiger partial charge is 0.447 e. The van der Waals surface area contributed by atoms with Gasteiger partial charge in [-0.3, -0.25) is 4.79 Å². The molecule has 0 spiro atoms. The first-order valence-corrected chi connectivity index (χ1v) is 16.5. The second kappa shape index (κ2) is 17.2. The monoisotopic (exact) mass is 671 g/mol. The molecule has 0 saturated carbocycles. The molecule has 1 aromatic carbocycles. The quantitative estimate of drug-likeness (QED) is 0.141. The first-order valence-electron chi connectivity index (χ1n) is 15.7. The van der Waals surface area contributed by atoms with Crippen molar-refractivity contribution in [3.63, 3.8) is 0 Å². The lowest BCUT2D eigenvalue weighted by atomic mass is 9.96. The van der Waals surface area contributed by atoms with Gasteiger partial charge in [0, 0.05) is 29.7 Å². The van der Waals surface area contributed by atoms with E-state index >= 15 is 0 Å². The number of amides is 1. The molecule has 2 aromatic heterocycles. The van der Waals surface area contributed by atoms with Gasteiger partial charge in [0.15, 0.2) is 0 Å². The highest BCUT2D eigenvalue weighted by Crippen LogP contribution is 2.40. The van der Waals surface area contributed by atoms with Gasteiger partial charge in [-0.1, -0.05) is 56.9 Å². The molecule has 0 bridgehead atoms. The summed E-state index contributed by atoms with van der Waals surface area (Å²) < 4.78 is 46.0. The number of nitrogens with one attached hydrogen (secondary N) is 1. The molecule has 3 aromatic rings. The van der Waals surface area contributed by atoms with Crippen LogP contribution >= 0.6 is 11.8 Å². The highest BCUT2D eigenvalue weighted by molar-refractivity contribution is 8.00. The van der Waals surface area contributed by atoms with Gasteiger partial charge in [0.1, 0.15) is 16.6 Å². The van der Waals surface area contributed by atoms with Crippen molar-refractivity contribution >= 4 is 34.7 Å². The van der Waals surface area contributed by atoms with Crippen LogP contribution in [0.4, 0.5) is 24.7 Å². The number of rotatable bonds is 6. The molecule has 8 nitrogen and oxygen atoms in total. The van der Waals surface area contributed by atoms with Crippen molar-refractivity contribution in [1.29, 1.82) is 0 Å². The summed E-state index contributed by atoms with van der Waals surface area (Å²) in [6.45, 7) is 8.53. The number of fused-ring (bicyclic) bond motifs is 1. The number of alkyl halides is 3. The number of hydrogen-bond acceptors (Lipinski definition) is 7. The number of hydrogen-bond donors (Lipinski definition) is 3. The van der Waals surface area contributed by atoms with Crippen LogP contribution in [0, 0.1) is 17.8 Å². The minimum Gasteiger partial charge on any atom is -0.495 e. The molecule has 0 unspecified atom stereocenters. The molecule has 47 heavy (non-hydrogen) atoms. The number of β-amino-alcohol motifs (C(OH)–C–C–N with tert-alkyl or cyclic N) is 1. The number of ether oxygens (including phenoxy) is 1. The third kappa shape index (κ3) is 10.7. The summed E-state index contributed by atoms with van der Waals surface area (Å²) in [5.74, 6) is 6.58. The number of anilines is 2. The summed E-state index contributed by atoms with van der Waals surface area (Å²) in [5, 5.41) is 12.8. The van der Waals surface area contributed by atoms with Crippen LogP contribution in [-0.4, -0.2) is 63.2 Å². The van der Waals surface area contributed by atoms with Crippen LogP contribution < -0.4 is 15.8 Å². The van der Waals surface area contributed by atoms with Gasteiger partial charge in [0.05, 0.1) is 49.1 Å². The van der Waals surface area contributed by atoms with Gasteiger partial charge in [-0.2, -0.15) is 13.2 Å². The molecule has 0 atom stereocenters. The topological polar surface area (TPSA) is 105 Å². The number of methoxy groups -OCH3 is 1. The Hall–Kier alpha value is -4.08. The first kappa shape index (κ1) is 37.4. The van der Waals surface area contributed by atoms with E-state index in [0.717, 1.165) is 0 Å². The molecule has 1 amide bonds. The molecule has 2 aliphatic rings. The van der Waals surface area contributed by atoms with E-state index in [1.165, 1.54) is 60.6 Å². The average Bonchev–Trinajstić information content (AvgIpc) is 3.35. The third-order valence-corrected chi connectivity index (χ3v) is 8.10. The normalized spacial score (nSPS) is 16.8. The zero-order valence-corrected chi connectivity index (χ0v) is 28.3. The zero-order valence-electron chi connectivity index (χ0n) is 27.5. The fourth-order valence-electron chi connectivity index (χ4n) is 4.99. The van der Waals surface area contributed by atoms with Crippen molar-refractivity contribution in [2.75, 3.05) is 37.8 Å². The highest BCUT2D eigenvalue weighted by Gasteiger charge is 2.39. The minimum atomic E-state index is -4.50. The number of nitrogen functional groups attached to an aromatic ring is 1. The van der Waals surface area contributed by atoms with E-state index < -0.39 is 11.1 Å². The number of likely N-dealkylation sites (tertiary alicyclic amines) is 1. The van der Waals surface area contributed by atoms with Crippen molar-refractivity contribution in [2.45, 2.75) is 69.5 Å². The van der Waals surface area contributed by atoms with E-state index in [4.69, 9.17) is 10.5 Å². The van der Waals surface area contributed by atoms with Crippen LogP contribution in [0.15, 0.2) is 66.0 Å². The third-order valence-electron chi connectivity index (χ3n) is 7.26. The second-order valence-electron chi connectivity index (χ2n) is 11.1. The zero-order chi connectivity index (χ0) is 34.6. The molecule has 1 aliphatic carbocycles. The number of allylic oxidation sites excluding steroid dienone is 4. The predicted molar refractivity (Wildman–Crippen MR) is 184 cm³/mol. The fraction of sp³-hybridized carbons (Fsp3) is 0.429. The molecule has 1 aliphatic heterocycles. The van der Waals surface area contributed by atoms with Crippen molar-refractivity contribution in [3.8, 4) is 17.6 Å². The van der Waals surface area contributed by atoms with Gasteiger partial charge in [0.2, 0.25) is 0 Å². The molecule has 5 rings (SSSR count). The Morgan fingerprint density at radius 1 is 1.21 bits per heavy atom. The van der Waals surface area contributed by atoms with Gasteiger partial charge < -0.3 is 30.2 Å². The van der Waals surface area contributed by atoms with E-state index in [-0.39, 0.29) is 53.7 Å². The molecule has 4 N–H and O–H groups in total. The predicted octanol–water partition coefficient (Wildman–Crippen LogP) is 7.54. The summed E-state index contributed by atoms with van der Waals surface area (Å²) in [6, 6.07) is 6.34. The van der Waals surface area contributed by atoms with Crippen molar-refractivity contribution in [2.24, 2.45) is 5.92 Å². The summed E-state index contributed by atoms with van der Waals surface area (Å²) in [4.78, 5) is 18.0. The molecular formula is C35H44F3N5O3S. The number of nitrogens with two attached hydrogens (primary N) is 1. The van der Waals surface area contributed by atoms with Gasteiger partial charge in [-0.05, 0) is 62.8 Å². The summed E-state index contributed by atoms with van der Waals surface area (Å²) >= 11 is -0.269. The Bertz CT molecular complexity index is 1600. The first-order chi connectivity index (χ1) is 22.4. The Balaban J connectivity index is 0.000000424. The maximum Gasteiger partial charge on any atom is 0.447 e. The Morgan fingerprint density at radius 2 is 1.89 bits per heavy atom. The van der Waals surface area contributed by atoms with Gasteiger partial charge in [-0.25, -0.2) is 4.98 Å². The maximum absolute atomic E-state index is 13.1. The van der Waals surface area contributed by atoms with Gasteiger partial charge in [0.25, 0.3) is 5.91 Å². The van der Waals surface area contributed by atoms with Crippen LogP contribution in [-0.2, 0) is 0 Å². The van der Waals surface area contributed by atoms with Crippen LogP contribution in [0.2, 0.25) is 0 Å². The maximum atomic E-state index is 13.1. The number of carbonyl (C=O) groups is 1. The largest absolute Gasteiger partial charge is 0.495 e. The van der Waals surface area contributed by atoms with Crippen LogP contribution in [0.5, 0.6) is 5.75 Å². The lowest BCUT2D eigenvalue weighted by molar-refractivity contribution is -0.0668. The molecule has 1 saturated heterocycles. The van der Waals surface area contributed by atoms with Crippen LogP contribution in [0.1, 0.15) is 69.3 Å². The number of aromatic nitrogens is 2. The number of thioether (sulfide) groups is 1. The van der Waals surface area contributed by atoms with E-state index in [2.05, 4.69) is 53.4 Å². The van der Waals surface area contributed by atoms with Crippen molar-refractivity contribution in [3.05, 3.63) is 72.1 Å². The van der Waals surface area contributed by atoms with E-state index in [9.17, 15) is 23.1 Å². The Kier molecular flexibility index (Phi) is 13.7. The molecular weight excluding hydrogens is 627 g/mol. The highest BCUT2D eigenvalue weighted by atomic mass is 32.2. The van der Waals surface area contributed by atoms with Gasteiger partial charge >= 0.3 is 5.51 Å². The summed E-state index contributed by atoms with van der Waals surface area (Å²) in [7, 11) is 1.46. The second-order valence-corrected chi connectivity index (χ2v) is 12.1. The Labute approximate surface area is 279 Å². The van der Waals surface area contributed by atoms with Crippen LogP contribution in [0.3, 0.4) is 0 Å². The molecule has 3 heterocycles.